The molecule has 0 aliphatic heterocycles. The van der Waals surface area contributed by atoms with Crippen LogP contribution in [-0.2, 0) is 0 Å². The van der Waals surface area contributed by atoms with E-state index in [0.29, 0.717) is 36.3 Å². The molecule has 1 fully saturated rings. The molecule has 3 aromatic rings. The van der Waals surface area contributed by atoms with Crippen molar-refractivity contribution in [3.8, 4) is 17.2 Å². The summed E-state index contributed by atoms with van der Waals surface area (Å²) < 4.78 is 17.2. The van der Waals surface area contributed by atoms with Gasteiger partial charge in [0.25, 0.3) is 0 Å². The van der Waals surface area contributed by atoms with Gasteiger partial charge in [-0.05, 0) is 72.4 Å². The molecule has 0 saturated heterocycles. The average Bonchev–Trinajstić information content (AvgIpc) is 2.93. The summed E-state index contributed by atoms with van der Waals surface area (Å²) in [6.45, 7) is 0.810. The lowest BCUT2D eigenvalue weighted by molar-refractivity contribution is 0.211. The molecule has 1 aliphatic carbocycles. The molecule has 188 valence electrons. The molecule has 3 aromatic carbocycles. The van der Waals surface area contributed by atoms with Gasteiger partial charge in [0.1, 0.15) is 19.0 Å². The fourth-order valence-corrected chi connectivity index (χ4v) is 4.31. The number of hydrogen-bond acceptors (Lipinski definition) is 5. The minimum Gasteiger partial charge on any atom is -0.493 e. The summed E-state index contributed by atoms with van der Waals surface area (Å²) in [5, 5.41) is 6.68. The monoisotopic (exact) mass is 487 g/mol. The minimum absolute atomic E-state index is 0.384. The summed E-state index contributed by atoms with van der Waals surface area (Å²) in [5.74, 6) is 2.73. The first-order chi connectivity index (χ1) is 17.7. The van der Waals surface area contributed by atoms with E-state index in [1.54, 1.807) is 25.3 Å². The van der Waals surface area contributed by atoms with E-state index in [1.165, 1.54) is 43.9 Å². The third-order valence-corrected chi connectivity index (χ3v) is 6.17. The van der Waals surface area contributed by atoms with Crippen LogP contribution in [0.15, 0.2) is 77.9 Å². The second kappa shape index (κ2) is 13.2. The van der Waals surface area contributed by atoms with Crippen molar-refractivity contribution in [2.24, 2.45) is 5.10 Å². The van der Waals surface area contributed by atoms with Crippen molar-refractivity contribution in [3.05, 3.63) is 83.9 Å². The molecule has 1 aliphatic rings. The lowest BCUT2D eigenvalue weighted by Crippen LogP contribution is -2.24. The van der Waals surface area contributed by atoms with Gasteiger partial charge >= 0.3 is 6.03 Å². The number of ether oxygens (including phenoxy) is 3. The Balaban J connectivity index is 1.21. The summed E-state index contributed by atoms with van der Waals surface area (Å²) >= 11 is 0. The van der Waals surface area contributed by atoms with Crippen LogP contribution in [0.1, 0.15) is 49.1 Å². The van der Waals surface area contributed by atoms with Crippen molar-refractivity contribution in [3.63, 3.8) is 0 Å². The predicted octanol–water partition coefficient (Wildman–Crippen LogP) is 6.36. The summed E-state index contributed by atoms with van der Waals surface area (Å²) in [5.41, 5.74) is 5.30. The number of carbonyl (C=O) groups is 1. The van der Waals surface area contributed by atoms with Crippen LogP contribution < -0.4 is 25.0 Å². The number of hydrazone groups is 1. The van der Waals surface area contributed by atoms with Crippen molar-refractivity contribution >= 4 is 17.9 Å². The lowest BCUT2D eigenvalue weighted by atomic mass is 9.84. The number of benzene rings is 3. The Labute approximate surface area is 212 Å². The topological polar surface area (TPSA) is 81.2 Å². The van der Waals surface area contributed by atoms with Crippen LogP contribution >= 0.6 is 0 Å². The van der Waals surface area contributed by atoms with E-state index in [9.17, 15) is 4.79 Å². The third-order valence-electron chi connectivity index (χ3n) is 6.17. The molecular weight excluding hydrogens is 454 g/mol. The summed E-state index contributed by atoms with van der Waals surface area (Å²) in [6, 6.07) is 22.7. The van der Waals surface area contributed by atoms with Gasteiger partial charge in [0, 0.05) is 5.69 Å². The number of urea groups is 1. The molecule has 2 amide bonds. The highest BCUT2D eigenvalue weighted by Gasteiger charge is 2.15. The van der Waals surface area contributed by atoms with Gasteiger partial charge in [-0.15, -0.1) is 0 Å². The number of methoxy groups -OCH3 is 1. The van der Waals surface area contributed by atoms with Crippen LogP contribution in [0.5, 0.6) is 17.2 Å². The fourth-order valence-electron chi connectivity index (χ4n) is 4.31. The zero-order chi connectivity index (χ0) is 25.0. The molecule has 0 unspecified atom stereocenters. The Kier molecular flexibility index (Phi) is 9.19. The highest BCUT2D eigenvalue weighted by Crippen LogP contribution is 2.33. The maximum Gasteiger partial charge on any atom is 0.339 e. The largest absolute Gasteiger partial charge is 0.493 e. The van der Waals surface area contributed by atoms with Crippen molar-refractivity contribution in [1.82, 2.24) is 5.43 Å². The number of amides is 2. The maximum absolute atomic E-state index is 11.9. The van der Waals surface area contributed by atoms with E-state index >= 15 is 0 Å². The molecule has 0 spiro atoms. The number of hydrogen-bond donors (Lipinski definition) is 2. The van der Waals surface area contributed by atoms with Crippen molar-refractivity contribution in [2.75, 3.05) is 25.6 Å². The molecule has 0 aromatic heterocycles. The minimum atomic E-state index is -0.423. The first-order valence-corrected chi connectivity index (χ1v) is 12.4. The first-order valence-electron chi connectivity index (χ1n) is 12.4. The molecule has 4 rings (SSSR count). The van der Waals surface area contributed by atoms with Crippen molar-refractivity contribution < 1.29 is 19.0 Å². The van der Waals surface area contributed by atoms with Gasteiger partial charge in [-0.3, -0.25) is 0 Å². The Bertz CT molecular complexity index is 1130. The van der Waals surface area contributed by atoms with Crippen LogP contribution in [0.4, 0.5) is 10.5 Å². The maximum atomic E-state index is 11.9. The molecule has 2 N–H and O–H groups in total. The molecule has 1 saturated carbocycles. The number of nitrogens with one attached hydrogen (secondary N) is 2. The van der Waals surface area contributed by atoms with E-state index < -0.39 is 6.03 Å². The molecule has 7 nitrogen and oxygen atoms in total. The zero-order valence-electron chi connectivity index (χ0n) is 20.6. The lowest BCUT2D eigenvalue weighted by Gasteiger charge is -2.22. The summed E-state index contributed by atoms with van der Waals surface area (Å²) in [7, 11) is 1.58. The van der Waals surface area contributed by atoms with Crippen molar-refractivity contribution in [2.45, 2.75) is 38.0 Å². The van der Waals surface area contributed by atoms with E-state index in [2.05, 4.69) is 28.0 Å². The van der Waals surface area contributed by atoms with Crippen LogP contribution in [0.2, 0.25) is 0 Å². The standard InChI is InChI=1S/C29H33N3O4/c1-34-28-20-22(21-30-32-29(33)31-25-10-6-3-7-11-25)12-17-27(28)36-19-18-35-26-15-13-24(14-16-26)23-8-4-2-5-9-23/h3,6-7,10-17,20-21,23H,2,4-5,8-9,18-19H2,1H3,(H2,31,32,33). The quantitative estimate of drug-likeness (QED) is 0.198. The normalized spacial score (nSPS) is 13.8. The smallest absolute Gasteiger partial charge is 0.339 e. The third kappa shape index (κ3) is 7.50. The zero-order valence-corrected chi connectivity index (χ0v) is 20.6. The van der Waals surface area contributed by atoms with Gasteiger partial charge in [0.05, 0.1) is 13.3 Å². The van der Waals surface area contributed by atoms with Crippen LogP contribution in [0.25, 0.3) is 0 Å². The highest BCUT2D eigenvalue weighted by molar-refractivity contribution is 5.90. The van der Waals surface area contributed by atoms with Gasteiger partial charge in [-0.25, -0.2) is 10.2 Å². The predicted molar refractivity (Wildman–Crippen MR) is 142 cm³/mol. The van der Waals surface area contributed by atoms with E-state index in [1.807, 2.05) is 42.5 Å². The molecule has 0 atom stereocenters. The molecule has 0 radical (unpaired) electrons. The van der Waals surface area contributed by atoms with E-state index in [0.717, 1.165) is 11.3 Å². The summed E-state index contributed by atoms with van der Waals surface area (Å²) in [6.07, 6.45) is 8.16. The molecule has 0 heterocycles. The van der Waals surface area contributed by atoms with Gasteiger partial charge in [0.2, 0.25) is 0 Å². The Morgan fingerprint density at radius 2 is 1.67 bits per heavy atom. The van der Waals surface area contributed by atoms with Crippen molar-refractivity contribution in [1.29, 1.82) is 0 Å². The Morgan fingerprint density at radius 1 is 0.917 bits per heavy atom. The number of anilines is 1. The molecular formula is C29H33N3O4. The second-order valence-corrected chi connectivity index (χ2v) is 8.70. The highest BCUT2D eigenvalue weighted by atomic mass is 16.5. The molecule has 36 heavy (non-hydrogen) atoms. The van der Waals surface area contributed by atoms with Crippen LogP contribution in [0, 0.1) is 0 Å². The van der Waals surface area contributed by atoms with Gasteiger partial charge in [-0.2, -0.15) is 5.10 Å². The van der Waals surface area contributed by atoms with E-state index in [-0.39, 0.29) is 0 Å². The molecule has 0 bridgehead atoms. The van der Waals surface area contributed by atoms with E-state index in [4.69, 9.17) is 14.2 Å². The first kappa shape index (κ1) is 25.1. The van der Waals surface area contributed by atoms with Gasteiger partial charge in [0.15, 0.2) is 11.5 Å². The second-order valence-electron chi connectivity index (χ2n) is 8.70. The number of para-hydroxylation sites is 1. The van der Waals surface area contributed by atoms with Crippen LogP contribution in [0.3, 0.4) is 0 Å². The average molecular weight is 488 g/mol. The fraction of sp³-hybridized carbons (Fsp3) is 0.310. The van der Waals surface area contributed by atoms with Crippen LogP contribution in [-0.4, -0.2) is 32.6 Å². The van der Waals surface area contributed by atoms with Gasteiger partial charge in [-0.1, -0.05) is 49.6 Å². The SMILES string of the molecule is COc1cc(C=NNC(=O)Nc2ccccc2)ccc1OCCOc1ccc(C2CCCCC2)cc1. The summed E-state index contributed by atoms with van der Waals surface area (Å²) in [4.78, 5) is 11.9. The van der Waals surface area contributed by atoms with Gasteiger partial charge < -0.3 is 19.5 Å². The number of carbonyl (C=O) groups excluding carboxylic acids is 1. The molecule has 7 heteroatoms. The Morgan fingerprint density at radius 3 is 2.42 bits per heavy atom. The number of nitrogens with zero attached hydrogens (tertiary/aromatic N) is 1. The Hall–Kier alpha value is -4.00. The number of rotatable bonds is 10.